The monoisotopic (exact) mass is 425 g/mol. The van der Waals surface area contributed by atoms with Gasteiger partial charge < -0.3 is 37.6 Å². The third-order valence-electron chi connectivity index (χ3n) is 2.96. The Morgan fingerprint density at radius 2 is 0.828 bits per heavy atom. The van der Waals surface area contributed by atoms with E-state index in [2.05, 4.69) is 24.1 Å². The topological polar surface area (TPSA) is 227 Å². The van der Waals surface area contributed by atoms with Gasteiger partial charge in [-0.15, -0.1) is 0 Å². The van der Waals surface area contributed by atoms with Crippen molar-refractivity contribution in [2.75, 3.05) is 19.8 Å². The summed E-state index contributed by atoms with van der Waals surface area (Å²) in [5.41, 5.74) is 13.2. The van der Waals surface area contributed by atoms with E-state index in [1.165, 1.54) is 44.9 Å². The summed E-state index contributed by atoms with van der Waals surface area (Å²) in [5.74, 6) is -2.73. The van der Waals surface area contributed by atoms with Crippen LogP contribution in [0, 0.1) is 0 Å². The number of carbonyl (C=O) groups is 4. The molecule has 0 heterocycles. The van der Waals surface area contributed by atoms with Crippen LogP contribution in [0.4, 0.5) is 0 Å². The summed E-state index contributed by atoms with van der Waals surface area (Å²) < 4.78 is 0. The summed E-state index contributed by atoms with van der Waals surface area (Å²) in [6, 6.07) is 0. The maximum atomic E-state index is 10.2. The number of rotatable bonds is 13. The molecule has 0 radical (unpaired) electrons. The van der Waals surface area contributed by atoms with Crippen molar-refractivity contribution in [1.82, 2.24) is 0 Å². The molecule has 0 aliphatic heterocycles. The Morgan fingerprint density at radius 1 is 0.586 bits per heavy atom. The molecular formula is C18H39N3O8. The Labute approximate surface area is 172 Å². The van der Waals surface area contributed by atoms with Crippen molar-refractivity contribution in [2.24, 2.45) is 17.2 Å². The van der Waals surface area contributed by atoms with Crippen LogP contribution in [0.2, 0.25) is 0 Å². The van der Waals surface area contributed by atoms with Gasteiger partial charge in [0.25, 0.3) is 0 Å². The first kappa shape index (κ1) is 34.3. The normalized spacial score (nSPS) is 8.83. The van der Waals surface area contributed by atoms with Gasteiger partial charge in [0.2, 0.25) is 17.7 Å². The molecule has 174 valence electrons. The molecule has 0 fully saturated rings. The molecule has 0 spiro atoms. The van der Waals surface area contributed by atoms with Gasteiger partial charge in [-0.2, -0.15) is 0 Å². The van der Waals surface area contributed by atoms with Gasteiger partial charge in [-0.05, 0) is 6.42 Å². The molecule has 0 bridgehead atoms. The van der Waals surface area contributed by atoms with Crippen molar-refractivity contribution in [3.63, 3.8) is 0 Å². The van der Waals surface area contributed by atoms with Crippen molar-refractivity contribution in [1.29, 1.82) is 0 Å². The highest BCUT2D eigenvalue weighted by molar-refractivity contribution is 5.75. The van der Waals surface area contributed by atoms with Crippen LogP contribution in [0.25, 0.3) is 0 Å². The van der Waals surface area contributed by atoms with E-state index in [4.69, 9.17) is 20.4 Å². The summed E-state index contributed by atoms with van der Waals surface area (Å²) in [4.78, 5) is 38.2. The molecule has 3 amide bonds. The number of hydrogen-bond donors (Lipinski definition) is 7. The van der Waals surface area contributed by atoms with E-state index in [1.54, 1.807) is 0 Å². The SMILES string of the molecule is CCCCCCCCCCCC(=O)O.NC(=O)CO.NC(=O)CO.NC(=O)CO. The lowest BCUT2D eigenvalue weighted by Crippen LogP contribution is -2.14. The van der Waals surface area contributed by atoms with Gasteiger partial charge in [-0.3, -0.25) is 19.2 Å². The number of aliphatic hydroxyl groups excluding tert-OH is 3. The maximum absolute atomic E-state index is 10.2. The van der Waals surface area contributed by atoms with E-state index in [9.17, 15) is 19.2 Å². The summed E-state index contributed by atoms with van der Waals surface area (Å²) in [5, 5.41) is 31.4. The quantitative estimate of drug-likeness (QED) is 0.188. The van der Waals surface area contributed by atoms with Crippen molar-refractivity contribution < 1.29 is 39.6 Å². The molecule has 11 heteroatoms. The molecular weight excluding hydrogens is 386 g/mol. The van der Waals surface area contributed by atoms with Crippen LogP contribution in [0.3, 0.4) is 0 Å². The summed E-state index contributed by atoms with van der Waals surface area (Å²) in [7, 11) is 0. The Kier molecular flexibility index (Phi) is 36.0. The summed E-state index contributed by atoms with van der Waals surface area (Å²) in [6.45, 7) is 0.561. The standard InChI is InChI=1S/C12H24O2.3C2H5NO2/c1-2-3-4-5-6-7-8-9-10-11-12(13)14;3*3-2(5)1-4/h2-11H2,1H3,(H,13,14);3*4H,1H2,(H2,3,5). The second-order valence-electron chi connectivity index (χ2n) is 5.85. The van der Waals surface area contributed by atoms with Gasteiger partial charge in [-0.1, -0.05) is 58.3 Å². The van der Waals surface area contributed by atoms with Crippen molar-refractivity contribution in [3.8, 4) is 0 Å². The largest absolute Gasteiger partial charge is 0.481 e. The average Bonchev–Trinajstić information content (AvgIpc) is 2.67. The fraction of sp³-hybridized carbons (Fsp3) is 0.778. The van der Waals surface area contributed by atoms with Gasteiger partial charge >= 0.3 is 5.97 Å². The predicted molar refractivity (Wildman–Crippen MR) is 108 cm³/mol. The third kappa shape index (κ3) is 66.8. The molecule has 0 aromatic heterocycles. The molecule has 0 aliphatic carbocycles. The first-order chi connectivity index (χ1) is 13.6. The van der Waals surface area contributed by atoms with Gasteiger partial charge in [0.05, 0.1) is 0 Å². The van der Waals surface area contributed by atoms with Crippen molar-refractivity contribution in [2.45, 2.75) is 71.1 Å². The highest BCUT2D eigenvalue weighted by atomic mass is 16.4. The van der Waals surface area contributed by atoms with E-state index in [-0.39, 0.29) is 0 Å². The van der Waals surface area contributed by atoms with Crippen LogP contribution < -0.4 is 17.2 Å². The van der Waals surface area contributed by atoms with Gasteiger partial charge in [0, 0.05) is 6.42 Å². The fourth-order valence-corrected chi connectivity index (χ4v) is 1.59. The molecule has 0 aromatic rings. The van der Waals surface area contributed by atoms with E-state index < -0.39 is 43.5 Å². The minimum absolute atomic E-state index is 0.343. The van der Waals surface area contributed by atoms with Crippen LogP contribution in [0.5, 0.6) is 0 Å². The lowest BCUT2D eigenvalue weighted by molar-refractivity contribution is -0.137. The Hall–Kier alpha value is -2.24. The minimum Gasteiger partial charge on any atom is -0.481 e. The highest BCUT2D eigenvalue weighted by Crippen LogP contribution is 2.10. The number of carboxylic acids is 1. The van der Waals surface area contributed by atoms with Crippen LogP contribution in [-0.2, 0) is 19.2 Å². The lowest BCUT2D eigenvalue weighted by Gasteiger charge is -2.00. The van der Waals surface area contributed by atoms with Gasteiger partial charge in [0.15, 0.2) is 0 Å². The number of carbonyl (C=O) groups excluding carboxylic acids is 3. The first-order valence-electron chi connectivity index (χ1n) is 9.48. The van der Waals surface area contributed by atoms with Crippen molar-refractivity contribution in [3.05, 3.63) is 0 Å². The molecule has 11 nitrogen and oxygen atoms in total. The number of aliphatic hydroxyl groups is 3. The summed E-state index contributed by atoms with van der Waals surface area (Å²) in [6.07, 6.45) is 11.5. The number of carboxylic acid groups (broad SMARTS) is 1. The van der Waals surface area contributed by atoms with Crippen LogP contribution in [0.15, 0.2) is 0 Å². The minimum atomic E-state index is -0.690. The van der Waals surface area contributed by atoms with Crippen LogP contribution in [-0.4, -0.2) is 63.9 Å². The molecule has 0 saturated heterocycles. The third-order valence-corrected chi connectivity index (χ3v) is 2.96. The molecule has 0 saturated carbocycles. The Morgan fingerprint density at radius 3 is 1.03 bits per heavy atom. The van der Waals surface area contributed by atoms with E-state index >= 15 is 0 Å². The molecule has 29 heavy (non-hydrogen) atoms. The lowest BCUT2D eigenvalue weighted by atomic mass is 10.1. The predicted octanol–water partition coefficient (Wildman–Crippen LogP) is -0.616. The molecule has 10 N–H and O–H groups in total. The molecule has 0 aliphatic rings. The number of aliphatic carboxylic acids is 1. The van der Waals surface area contributed by atoms with E-state index in [0.717, 1.165) is 12.8 Å². The number of hydrogen-bond acceptors (Lipinski definition) is 7. The summed E-state index contributed by atoms with van der Waals surface area (Å²) >= 11 is 0. The van der Waals surface area contributed by atoms with E-state index in [0.29, 0.717) is 6.42 Å². The van der Waals surface area contributed by atoms with E-state index in [1.807, 2.05) is 0 Å². The molecule has 0 rings (SSSR count). The Bertz CT molecular complexity index is 373. The number of primary amides is 3. The molecule has 0 aromatic carbocycles. The Balaban J connectivity index is -0.000000171. The second kappa shape index (κ2) is 30.5. The number of nitrogens with two attached hydrogens (primary N) is 3. The number of unbranched alkanes of at least 4 members (excludes halogenated alkanes) is 8. The first-order valence-corrected chi connectivity index (χ1v) is 9.48. The zero-order valence-electron chi connectivity index (χ0n) is 17.3. The van der Waals surface area contributed by atoms with Crippen LogP contribution in [0.1, 0.15) is 71.1 Å². The van der Waals surface area contributed by atoms with Crippen molar-refractivity contribution >= 4 is 23.7 Å². The average molecular weight is 426 g/mol. The zero-order valence-corrected chi connectivity index (χ0v) is 17.3. The number of amides is 3. The van der Waals surface area contributed by atoms with Crippen LogP contribution >= 0.6 is 0 Å². The second-order valence-corrected chi connectivity index (χ2v) is 5.85. The zero-order chi connectivity index (χ0) is 23.5. The smallest absolute Gasteiger partial charge is 0.303 e. The molecule has 0 atom stereocenters. The van der Waals surface area contributed by atoms with Gasteiger partial charge in [-0.25, -0.2) is 0 Å². The maximum Gasteiger partial charge on any atom is 0.303 e. The molecule has 0 unspecified atom stereocenters. The van der Waals surface area contributed by atoms with Gasteiger partial charge in [0.1, 0.15) is 19.8 Å². The fourth-order valence-electron chi connectivity index (χ4n) is 1.59. The highest BCUT2D eigenvalue weighted by Gasteiger charge is 1.96.